The van der Waals surface area contributed by atoms with Crippen molar-refractivity contribution >= 4 is 15.8 Å². The molecular weight excluding hydrogens is 391 g/mol. The summed E-state index contributed by atoms with van der Waals surface area (Å²) in [4.78, 5) is 12.5. The second kappa shape index (κ2) is 6.30. The number of allylic oxidation sites excluding steroid dienone is 1. The van der Waals surface area contributed by atoms with Gasteiger partial charge in [-0.05, 0) is 68.1 Å². The molecular formula is C20H28F3NO3S. The van der Waals surface area contributed by atoms with Crippen LogP contribution in [0, 0.1) is 28.6 Å². The molecule has 0 aromatic rings. The highest BCUT2D eigenvalue weighted by atomic mass is 32.2. The van der Waals surface area contributed by atoms with E-state index < -0.39 is 21.6 Å². The van der Waals surface area contributed by atoms with Crippen LogP contribution >= 0.6 is 0 Å². The third-order valence-corrected chi connectivity index (χ3v) is 9.69. The number of rotatable bonds is 2. The number of carbonyl (C=O) groups excluding carboxylic acids is 1. The lowest BCUT2D eigenvalue weighted by Crippen LogP contribution is -2.52. The molecule has 6 atom stereocenters. The van der Waals surface area contributed by atoms with E-state index >= 15 is 0 Å². The number of carbonyl (C=O) groups is 1. The molecule has 0 bridgehead atoms. The molecule has 8 heteroatoms. The average Bonchev–Trinajstić information content (AvgIpc) is 2.89. The van der Waals surface area contributed by atoms with Crippen molar-refractivity contribution in [3.63, 3.8) is 0 Å². The van der Waals surface area contributed by atoms with Crippen molar-refractivity contribution in [2.24, 2.45) is 28.6 Å². The number of fused-ring (bicyclic) bond motifs is 5. The lowest BCUT2D eigenvalue weighted by Gasteiger charge is -2.57. The van der Waals surface area contributed by atoms with E-state index in [0.717, 1.165) is 31.3 Å². The van der Waals surface area contributed by atoms with E-state index in [9.17, 15) is 26.4 Å². The van der Waals surface area contributed by atoms with Crippen LogP contribution in [0.1, 0.15) is 65.2 Å². The van der Waals surface area contributed by atoms with E-state index in [2.05, 4.69) is 19.9 Å². The van der Waals surface area contributed by atoms with Crippen LogP contribution in [0.2, 0.25) is 0 Å². The number of ketones is 1. The number of hydrogen-bond acceptors (Lipinski definition) is 3. The van der Waals surface area contributed by atoms with Crippen LogP contribution in [0.25, 0.3) is 0 Å². The van der Waals surface area contributed by atoms with Gasteiger partial charge in [-0.3, -0.25) is 4.79 Å². The van der Waals surface area contributed by atoms with Gasteiger partial charge in [0.05, 0.1) is 0 Å². The summed E-state index contributed by atoms with van der Waals surface area (Å²) in [6, 6.07) is -0.704. The standard InChI is InChI=1S/C20H28F3NO3S/c1-18-9-7-13(24-28(26,27)20(21,22)23)11-12(18)3-4-14-15-5-6-17(25)19(15,2)10-8-16(14)18/h3,13-16,24H,4-11H2,1-2H3/t13?,14-,15-,16-,18-,19-/m0/s1. The van der Waals surface area contributed by atoms with Crippen molar-refractivity contribution < 1.29 is 26.4 Å². The molecule has 4 aliphatic rings. The minimum Gasteiger partial charge on any atom is -0.299 e. The molecule has 3 saturated carbocycles. The van der Waals surface area contributed by atoms with Gasteiger partial charge in [0.15, 0.2) is 0 Å². The lowest BCUT2D eigenvalue weighted by atomic mass is 9.48. The van der Waals surface area contributed by atoms with Crippen molar-refractivity contribution in [3.8, 4) is 0 Å². The molecule has 0 aliphatic heterocycles. The van der Waals surface area contributed by atoms with Crippen LogP contribution in [0.15, 0.2) is 11.6 Å². The molecule has 0 aromatic heterocycles. The molecule has 0 radical (unpaired) electrons. The van der Waals surface area contributed by atoms with Gasteiger partial charge >= 0.3 is 15.5 Å². The molecule has 3 fully saturated rings. The number of nitrogens with one attached hydrogen (secondary N) is 1. The summed E-state index contributed by atoms with van der Waals surface area (Å²) < 4.78 is 63.0. The fourth-order valence-electron chi connectivity index (χ4n) is 6.82. The maximum atomic E-state index is 12.7. The van der Waals surface area contributed by atoms with E-state index in [-0.39, 0.29) is 10.8 Å². The first kappa shape index (κ1) is 20.4. The van der Waals surface area contributed by atoms with Gasteiger partial charge in [0.2, 0.25) is 0 Å². The maximum Gasteiger partial charge on any atom is 0.511 e. The maximum absolute atomic E-state index is 12.7. The summed E-state index contributed by atoms with van der Waals surface area (Å²) in [5.41, 5.74) is -4.48. The largest absolute Gasteiger partial charge is 0.511 e. The molecule has 0 aromatic carbocycles. The Kier molecular flexibility index (Phi) is 4.59. The van der Waals surface area contributed by atoms with E-state index in [4.69, 9.17) is 0 Å². The van der Waals surface area contributed by atoms with Gasteiger partial charge in [-0.1, -0.05) is 25.5 Å². The Morgan fingerprint density at radius 3 is 2.39 bits per heavy atom. The van der Waals surface area contributed by atoms with Crippen LogP contribution in [0.3, 0.4) is 0 Å². The smallest absolute Gasteiger partial charge is 0.299 e. The topological polar surface area (TPSA) is 63.2 Å². The van der Waals surface area contributed by atoms with Crippen LogP contribution < -0.4 is 4.72 Å². The Morgan fingerprint density at radius 2 is 1.71 bits per heavy atom. The molecule has 1 unspecified atom stereocenters. The summed E-state index contributed by atoms with van der Waals surface area (Å²) in [6.07, 6.45) is 7.90. The normalized spacial score (nSPS) is 43.8. The first-order chi connectivity index (χ1) is 12.9. The minimum absolute atomic E-state index is 0.101. The predicted molar refractivity (Wildman–Crippen MR) is 98.6 cm³/mol. The van der Waals surface area contributed by atoms with Gasteiger partial charge in [0, 0.05) is 17.9 Å². The molecule has 0 spiro atoms. The second-order valence-electron chi connectivity index (χ2n) is 9.68. The van der Waals surface area contributed by atoms with Gasteiger partial charge in [0.1, 0.15) is 5.78 Å². The van der Waals surface area contributed by atoms with Crippen LogP contribution in [0.4, 0.5) is 13.2 Å². The number of alkyl halides is 3. The first-order valence-corrected chi connectivity index (χ1v) is 11.7. The van der Waals surface area contributed by atoms with Crippen molar-refractivity contribution in [3.05, 3.63) is 11.6 Å². The van der Waals surface area contributed by atoms with Gasteiger partial charge < -0.3 is 0 Å². The zero-order chi connectivity index (χ0) is 20.5. The molecule has 1 N–H and O–H groups in total. The third kappa shape index (κ3) is 2.89. The second-order valence-corrected chi connectivity index (χ2v) is 11.4. The van der Waals surface area contributed by atoms with E-state index in [1.807, 2.05) is 4.72 Å². The van der Waals surface area contributed by atoms with Gasteiger partial charge in [0.25, 0.3) is 0 Å². The Hall–Kier alpha value is -0.890. The highest BCUT2D eigenvalue weighted by molar-refractivity contribution is 7.90. The van der Waals surface area contributed by atoms with E-state index in [1.54, 1.807) is 0 Å². The van der Waals surface area contributed by atoms with Crippen LogP contribution in [-0.4, -0.2) is 25.8 Å². The average molecular weight is 420 g/mol. The summed E-state index contributed by atoms with van der Waals surface area (Å²) in [7, 11) is -5.32. The zero-order valence-electron chi connectivity index (χ0n) is 16.3. The Balaban J connectivity index is 1.55. The highest BCUT2D eigenvalue weighted by Gasteiger charge is 2.59. The van der Waals surface area contributed by atoms with E-state index in [1.165, 1.54) is 0 Å². The first-order valence-electron chi connectivity index (χ1n) is 10.2. The number of sulfonamides is 1. The van der Waals surface area contributed by atoms with Crippen molar-refractivity contribution in [1.82, 2.24) is 4.72 Å². The number of halogens is 3. The van der Waals surface area contributed by atoms with Gasteiger partial charge in [-0.2, -0.15) is 13.2 Å². The Morgan fingerprint density at radius 1 is 1.07 bits per heavy atom. The molecule has 0 heterocycles. The van der Waals surface area contributed by atoms with Crippen molar-refractivity contribution in [2.75, 3.05) is 0 Å². The lowest BCUT2D eigenvalue weighted by molar-refractivity contribution is -0.131. The number of Topliss-reactive ketones (excluding diaryl/α,β-unsaturated/α-hetero) is 1. The molecule has 28 heavy (non-hydrogen) atoms. The van der Waals surface area contributed by atoms with Crippen LogP contribution in [0.5, 0.6) is 0 Å². The van der Waals surface area contributed by atoms with Crippen LogP contribution in [-0.2, 0) is 14.8 Å². The molecule has 0 saturated heterocycles. The molecule has 4 aliphatic carbocycles. The summed E-state index contributed by atoms with van der Waals surface area (Å²) in [6.45, 7) is 4.32. The predicted octanol–water partition coefficient (Wildman–Crippen LogP) is 4.33. The quantitative estimate of drug-likeness (QED) is 0.678. The van der Waals surface area contributed by atoms with E-state index in [0.29, 0.717) is 49.2 Å². The Labute approximate surface area is 164 Å². The summed E-state index contributed by atoms with van der Waals surface area (Å²) in [5, 5.41) is 0. The fourth-order valence-corrected chi connectivity index (χ4v) is 7.59. The van der Waals surface area contributed by atoms with Gasteiger partial charge in [-0.25, -0.2) is 13.1 Å². The van der Waals surface area contributed by atoms with Crippen molar-refractivity contribution in [1.29, 1.82) is 0 Å². The van der Waals surface area contributed by atoms with Gasteiger partial charge in [-0.15, -0.1) is 0 Å². The number of hydrogen-bond donors (Lipinski definition) is 1. The monoisotopic (exact) mass is 419 g/mol. The molecule has 4 rings (SSSR count). The molecule has 0 amide bonds. The zero-order valence-corrected chi connectivity index (χ0v) is 17.1. The van der Waals surface area contributed by atoms with Crippen molar-refractivity contribution in [2.45, 2.75) is 76.8 Å². The molecule has 158 valence electrons. The minimum atomic E-state index is -5.32. The summed E-state index contributed by atoms with van der Waals surface area (Å²) in [5.74, 6) is 1.66. The fraction of sp³-hybridized carbons (Fsp3) is 0.850. The highest BCUT2D eigenvalue weighted by Crippen LogP contribution is 2.63. The molecule has 4 nitrogen and oxygen atoms in total. The Bertz CT molecular complexity index is 821. The third-order valence-electron chi connectivity index (χ3n) is 8.44. The summed E-state index contributed by atoms with van der Waals surface area (Å²) >= 11 is 0. The SMILES string of the molecule is C[C@]12CCC(NS(=O)(=O)C(F)(F)F)CC1=CC[C@@H]1[C@@H]2CC[C@]2(C)C(=O)CC[C@@H]12.